The molecule has 108 valence electrons. The van der Waals surface area contributed by atoms with Gasteiger partial charge in [0.2, 0.25) is 0 Å². The first-order chi connectivity index (χ1) is 9.58. The number of carbonyl (C=O) groups excluding carboxylic acids is 1. The van der Waals surface area contributed by atoms with Crippen LogP contribution in [0, 0.1) is 10.1 Å². The fraction of sp³-hybridized carbons (Fsp3) is 0.462. The van der Waals surface area contributed by atoms with Gasteiger partial charge in [0, 0.05) is 36.2 Å². The second kappa shape index (κ2) is 6.09. The fourth-order valence-electron chi connectivity index (χ4n) is 2.05. The summed E-state index contributed by atoms with van der Waals surface area (Å²) >= 11 is 5.72. The second-order valence-electron chi connectivity index (χ2n) is 4.56. The molecule has 6 nitrogen and oxygen atoms in total. The molecule has 1 fully saturated rings. The lowest BCUT2D eigenvalue weighted by molar-refractivity contribution is -0.385. The average Bonchev–Trinajstić information content (AvgIpc) is 3.27. The van der Waals surface area contributed by atoms with Crippen molar-refractivity contribution in [3.8, 4) is 5.75 Å². The van der Waals surface area contributed by atoms with Gasteiger partial charge >= 0.3 is 5.69 Å². The molecule has 0 spiro atoms. The number of ether oxygens (including phenoxy) is 1. The van der Waals surface area contributed by atoms with Crippen LogP contribution in [0.5, 0.6) is 5.75 Å². The van der Waals surface area contributed by atoms with Gasteiger partial charge in [-0.05, 0) is 18.9 Å². The van der Waals surface area contributed by atoms with Gasteiger partial charge < -0.3 is 9.64 Å². The summed E-state index contributed by atoms with van der Waals surface area (Å²) in [5.41, 5.74) is 0.226. The number of hydrogen-bond donors (Lipinski definition) is 0. The van der Waals surface area contributed by atoms with Crippen LogP contribution in [-0.2, 0) is 0 Å². The molecule has 0 unspecified atom stereocenters. The Morgan fingerprint density at radius 2 is 2.25 bits per heavy atom. The molecule has 0 heterocycles. The minimum absolute atomic E-state index is 0.0856. The lowest BCUT2D eigenvalue weighted by atomic mass is 10.1. The third kappa shape index (κ3) is 3.01. The van der Waals surface area contributed by atoms with Crippen LogP contribution in [0.4, 0.5) is 5.69 Å². The third-order valence-electron chi connectivity index (χ3n) is 3.20. The number of nitro benzene ring substituents is 1. The number of methoxy groups -OCH3 is 1. The SMILES string of the molecule is COc1cc(C(=O)N(CCCl)C2CC2)ccc1[N+](=O)[O-]. The predicted octanol–water partition coefficient (Wildman–Crippen LogP) is 2.45. The molecule has 1 aliphatic rings. The highest BCUT2D eigenvalue weighted by Crippen LogP contribution is 2.31. The monoisotopic (exact) mass is 298 g/mol. The van der Waals surface area contributed by atoms with E-state index in [1.165, 1.54) is 25.3 Å². The van der Waals surface area contributed by atoms with Crippen LogP contribution < -0.4 is 4.74 Å². The van der Waals surface area contributed by atoms with Gasteiger partial charge in [0.15, 0.2) is 5.75 Å². The van der Waals surface area contributed by atoms with Crippen molar-refractivity contribution < 1.29 is 14.5 Å². The Morgan fingerprint density at radius 3 is 2.75 bits per heavy atom. The lowest BCUT2D eigenvalue weighted by Gasteiger charge is -2.21. The molecule has 20 heavy (non-hydrogen) atoms. The maximum Gasteiger partial charge on any atom is 0.310 e. The topological polar surface area (TPSA) is 72.7 Å². The molecule has 2 rings (SSSR count). The Balaban J connectivity index is 2.27. The van der Waals surface area contributed by atoms with Crippen molar-refractivity contribution in [1.82, 2.24) is 4.90 Å². The van der Waals surface area contributed by atoms with Gasteiger partial charge in [-0.2, -0.15) is 0 Å². The van der Waals surface area contributed by atoms with Crippen LogP contribution in [0.3, 0.4) is 0 Å². The number of halogens is 1. The van der Waals surface area contributed by atoms with E-state index in [0.29, 0.717) is 18.0 Å². The highest BCUT2D eigenvalue weighted by atomic mass is 35.5. The summed E-state index contributed by atoms with van der Waals surface area (Å²) in [6, 6.07) is 4.39. The van der Waals surface area contributed by atoms with E-state index in [4.69, 9.17) is 16.3 Å². The molecule has 1 aliphatic carbocycles. The van der Waals surface area contributed by atoms with Crippen LogP contribution in [0.1, 0.15) is 23.2 Å². The quantitative estimate of drug-likeness (QED) is 0.459. The second-order valence-corrected chi connectivity index (χ2v) is 4.94. The summed E-state index contributed by atoms with van der Waals surface area (Å²) < 4.78 is 4.97. The number of carbonyl (C=O) groups is 1. The molecule has 0 atom stereocenters. The Labute approximate surface area is 121 Å². The highest BCUT2D eigenvalue weighted by molar-refractivity contribution is 6.18. The van der Waals surface area contributed by atoms with Crippen LogP contribution in [0.2, 0.25) is 0 Å². The Bertz CT molecular complexity index is 531. The van der Waals surface area contributed by atoms with Crippen molar-refractivity contribution in [2.75, 3.05) is 19.5 Å². The minimum atomic E-state index is -0.537. The number of alkyl halides is 1. The largest absolute Gasteiger partial charge is 0.490 e. The van der Waals surface area contributed by atoms with E-state index in [1.54, 1.807) is 4.90 Å². The van der Waals surface area contributed by atoms with Crippen molar-refractivity contribution in [1.29, 1.82) is 0 Å². The molecule has 1 aromatic rings. The maximum absolute atomic E-state index is 12.4. The summed E-state index contributed by atoms with van der Waals surface area (Å²) in [6.45, 7) is 0.477. The molecular weight excluding hydrogens is 284 g/mol. The number of amides is 1. The molecule has 0 aliphatic heterocycles. The number of nitrogens with zero attached hydrogens (tertiary/aromatic N) is 2. The van der Waals surface area contributed by atoms with E-state index in [1.807, 2.05) is 0 Å². The molecule has 0 saturated heterocycles. The molecule has 1 amide bonds. The number of nitro groups is 1. The number of benzene rings is 1. The van der Waals surface area contributed by atoms with Gasteiger partial charge in [0.1, 0.15) is 0 Å². The summed E-state index contributed by atoms with van der Waals surface area (Å²) in [4.78, 5) is 24.4. The average molecular weight is 299 g/mol. The molecule has 1 aromatic carbocycles. The Kier molecular flexibility index (Phi) is 4.44. The summed E-state index contributed by atoms with van der Waals surface area (Å²) in [7, 11) is 1.34. The Morgan fingerprint density at radius 1 is 1.55 bits per heavy atom. The zero-order chi connectivity index (χ0) is 14.7. The van der Waals surface area contributed by atoms with Gasteiger partial charge in [-0.15, -0.1) is 11.6 Å². The van der Waals surface area contributed by atoms with E-state index in [9.17, 15) is 14.9 Å². The maximum atomic E-state index is 12.4. The molecule has 0 N–H and O–H groups in total. The smallest absolute Gasteiger partial charge is 0.310 e. The number of rotatable bonds is 6. The third-order valence-corrected chi connectivity index (χ3v) is 3.37. The van der Waals surface area contributed by atoms with Crippen molar-refractivity contribution in [2.45, 2.75) is 18.9 Å². The van der Waals surface area contributed by atoms with E-state index in [-0.39, 0.29) is 23.4 Å². The van der Waals surface area contributed by atoms with Gasteiger partial charge in [-0.25, -0.2) is 0 Å². The van der Waals surface area contributed by atoms with E-state index in [2.05, 4.69) is 0 Å². The van der Waals surface area contributed by atoms with Gasteiger partial charge in [0.05, 0.1) is 12.0 Å². The van der Waals surface area contributed by atoms with Gasteiger partial charge in [-0.3, -0.25) is 14.9 Å². The Hall–Kier alpha value is -1.82. The fourth-order valence-corrected chi connectivity index (χ4v) is 2.24. The molecule has 0 bridgehead atoms. The van der Waals surface area contributed by atoms with Crippen LogP contribution in [0.15, 0.2) is 18.2 Å². The van der Waals surface area contributed by atoms with Crippen molar-refractivity contribution in [3.63, 3.8) is 0 Å². The van der Waals surface area contributed by atoms with E-state index in [0.717, 1.165) is 12.8 Å². The highest BCUT2D eigenvalue weighted by Gasteiger charge is 2.33. The standard InChI is InChI=1S/C13H15ClN2O4/c1-20-12-8-9(2-5-11(12)16(18)19)13(17)15(7-6-14)10-3-4-10/h2,5,8,10H,3-4,6-7H2,1H3. The molecule has 0 aromatic heterocycles. The van der Waals surface area contributed by atoms with Crippen molar-refractivity contribution in [3.05, 3.63) is 33.9 Å². The van der Waals surface area contributed by atoms with E-state index < -0.39 is 4.92 Å². The zero-order valence-corrected chi connectivity index (χ0v) is 11.8. The summed E-state index contributed by atoms with van der Waals surface area (Å²) in [5.74, 6) is 0.288. The normalized spacial score (nSPS) is 13.9. The van der Waals surface area contributed by atoms with Crippen molar-refractivity contribution in [2.24, 2.45) is 0 Å². The summed E-state index contributed by atoms with van der Waals surface area (Å²) in [6.07, 6.45) is 1.96. The lowest BCUT2D eigenvalue weighted by Crippen LogP contribution is -2.34. The van der Waals surface area contributed by atoms with Crippen LogP contribution in [0.25, 0.3) is 0 Å². The van der Waals surface area contributed by atoms with Crippen LogP contribution >= 0.6 is 11.6 Å². The molecule has 1 saturated carbocycles. The first-order valence-electron chi connectivity index (χ1n) is 6.28. The molecule has 7 heteroatoms. The molecule has 0 radical (unpaired) electrons. The van der Waals surface area contributed by atoms with Gasteiger partial charge in [-0.1, -0.05) is 0 Å². The van der Waals surface area contributed by atoms with Gasteiger partial charge in [0.25, 0.3) is 5.91 Å². The summed E-state index contributed by atoms with van der Waals surface area (Å²) in [5, 5.41) is 10.8. The number of hydrogen-bond acceptors (Lipinski definition) is 4. The minimum Gasteiger partial charge on any atom is -0.490 e. The first-order valence-corrected chi connectivity index (χ1v) is 6.81. The van der Waals surface area contributed by atoms with Crippen LogP contribution in [-0.4, -0.2) is 41.3 Å². The molecular formula is C13H15ClN2O4. The van der Waals surface area contributed by atoms with Crippen molar-refractivity contribution >= 4 is 23.2 Å². The zero-order valence-electron chi connectivity index (χ0n) is 11.0. The predicted molar refractivity (Wildman–Crippen MR) is 74.4 cm³/mol. The first kappa shape index (κ1) is 14.6. The van der Waals surface area contributed by atoms with E-state index >= 15 is 0 Å².